The molecule has 1 aromatic rings. The molecule has 3 heteroatoms. The van der Waals surface area contributed by atoms with E-state index in [1.807, 2.05) is 6.92 Å². The van der Waals surface area contributed by atoms with Crippen molar-refractivity contribution in [2.75, 3.05) is 0 Å². The van der Waals surface area contributed by atoms with Gasteiger partial charge in [-0.05, 0) is 24.1 Å². The van der Waals surface area contributed by atoms with E-state index in [-0.39, 0.29) is 17.5 Å². The quantitative estimate of drug-likeness (QED) is 0.625. The molecule has 0 saturated heterocycles. The van der Waals surface area contributed by atoms with Crippen LogP contribution >= 0.6 is 0 Å². The number of nitrogens with two attached hydrogens (primary N) is 1. The van der Waals surface area contributed by atoms with Crippen molar-refractivity contribution in [3.05, 3.63) is 23.8 Å². The van der Waals surface area contributed by atoms with Gasteiger partial charge in [-0.1, -0.05) is 6.92 Å². The Morgan fingerprint density at radius 1 is 1.25 bits per heavy atom. The lowest BCUT2D eigenvalue weighted by Gasteiger charge is -2.09. The number of rotatable bonds is 2. The first kappa shape index (κ1) is 8.87. The Balaban J connectivity index is 3.00. The summed E-state index contributed by atoms with van der Waals surface area (Å²) in [5.74, 6) is 0.0998. The van der Waals surface area contributed by atoms with Gasteiger partial charge in [-0.2, -0.15) is 0 Å². The van der Waals surface area contributed by atoms with Crippen molar-refractivity contribution in [3.8, 4) is 11.5 Å². The molecule has 0 aliphatic carbocycles. The molecule has 0 amide bonds. The van der Waals surface area contributed by atoms with Gasteiger partial charge in [0.2, 0.25) is 0 Å². The van der Waals surface area contributed by atoms with Gasteiger partial charge < -0.3 is 15.9 Å². The second-order valence-electron chi connectivity index (χ2n) is 2.80. The molecule has 0 aliphatic heterocycles. The Hall–Kier alpha value is -1.22. The summed E-state index contributed by atoms with van der Waals surface area (Å²) >= 11 is 0. The highest BCUT2D eigenvalue weighted by Crippen LogP contribution is 2.24. The highest BCUT2D eigenvalue weighted by Gasteiger charge is 2.05. The van der Waals surface area contributed by atoms with E-state index < -0.39 is 0 Å². The van der Waals surface area contributed by atoms with Crippen molar-refractivity contribution in [2.45, 2.75) is 19.4 Å². The smallest absolute Gasteiger partial charge is 0.119 e. The standard InChI is InChI=1S/C9H13NO2/c1-2-9(10)6-3-7(11)5-8(12)4-6/h3-5,9,11-12H,2,10H2,1H3/t9-/m1/s1. The van der Waals surface area contributed by atoms with Crippen LogP contribution in [-0.2, 0) is 0 Å². The minimum Gasteiger partial charge on any atom is -0.508 e. The number of hydrogen-bond donors (Lipinski definition) is 3. The largest absolute Gasteiger partial charge is 0.508 e. The molecule has 1 aromatic carbocycles. The van der Waals surface area contributed by atoms with E-state index in [0.29, 0.717) is 0 Å². The van der Waals surface area contributed by atoms with Crippen LogP contribution in [0.1, 0.15) is 24.9 Å². The minimum atomic E-state index is -0.122. The molecule has 1 atom stereocenters. The third kappa shape index (κ3) is 1.89. The molecule has 0 bridgehead atoms. The van der Waals surface area contributed by atoms with Gasteiger partial charge >= 0.3 is 0 Å². The molecule has 0 heterocycles. The predicted octanol–water partition coefficient (Wildman–Crippen LogP) is 1.51. The number of phenolic OH excluding ortho intramolecular Hbond substituents is 2. The van der Waals surface area contributed by atoms with Crippen molar-refractivity contribution in [1.29, 1.82) is 0 Å². The fraction of sp³-hybridized carbons (Fsp3) is 0.333. The van der Waals surface area contributed by atoms with Gasteiger partial charge in [-0.15, -0.1) is 0 Å². The number of benzene rings is 1. The SMILES string of the molecule is CC[C@@H](N)c1cc(O)cc(O)c1. The van der Waals surface area contributed by atoms with Crippen LogP contribution < -0.4 is 5.73 Å². The molecule has 4 N–H and O–H groups in total. The summed E-state index contributed by atoms with van der Waals surface area (Å²) in [6, 6.07) is 4.29. The van der Waals surface area contributed by atoms with Gasteiger partial charge in [0.1, 0.15) is 11.5 Å². The molecule has 0 saturated carbocycles. The van der Waals surface area contributed by atoms with E-state index in [0.717, 1.165) is 12.0 Å². The van der Waals surface area contributed by atoms with E-state index in [1.54, 1.807) is 12.1 Å². The van der Waals surface area contributed by atoms with Crippen LogP contribution in [0.15, 0.2) is 18.2 Å². The molecule has 1 rings (SSSR count). The van der Waals surface area contributed by atoms with Gasteiger partial charge in [0.15, 0.2) is 0 Å². The lowest BCUT2D eigenvalue weighted by atomic mass is 10.1. The van der Waals surface area contributed by atoms with Crippen molar-refractivity contribution in [1.82, 2.24) is 0 Å². The van der Waals surface area contributed by atoms with Gasteiger partial charge in [0.25, 0.3) is 0 Å². The lowest BCUT2D eigenvalue weighted by molar-refractivity contribution is 0.447. The molecule has 66 valence electrons. The molecule has 0 aliphatic rings. The van der Waals surface area contributed by atoms with Gasteiger partial charge in [-0.3, -0.25) is 0 Å². The lowest BCUT2D eigenvalue weighted by Crippen LogP contribution is -2.07. The van der Waals surface area contributed by atoms with Crippen LogP contribution in [0.2, 0.25) is 0 Å². The average Bonchev–Trinajstić information content (AvgIpc) is 2.01. The first-order valence-corrected chi connectivity index (χ1v) is 3.92. The highest BCUT2D eigenvalue weighted by molar-refractivity contribution is 5.37. The topological polar surface area (TPSA) is 66.5 Å². The summed E-state index contributed by atoms with van der Waals surface area (Å²) in [6.07, 6.45) is 0.781. The Labute approximate surface area is 71.5 Å². The van der Waals surface area contributed by atoms with E-state index in [1.165, 1.54) is 6.07 Å². The monoisotopic (exact) mass is 167 g/mol. The van der Waals surface area contributed by atoms with Crippen molar-refractivity contribution >= 4 is 0 Å². The second kappa shape index (κ2) is 3.45. The normalized spacial score (nSPS) is 12.8. The van der Waals surface area contributed by atoms with Crippen LogP contribution in [-0.4, -0.2) is 10.2 Å². The van der Waals surface area contributed by atoms with E-state index in [9.17, 15) is 0 Å². The fourth-order valence-electron chi connectivity index (χ4n) is 1.07. The maximum Gasteiger partial charge on any atom is 0.119 e. The Kier molecular flexibility index (Phi) is 2.55. The molecule has 12 heavy (non-hydrogen) atoms. The maximum absolute atomic E-state index is 9.12. The Morgan fingerprint density at radius 3 is 2.17 bits per heavy atom. The molecular weight excluding hydrogens is 154 g/mol. The fourth-order valence-corrected chi connectivity index (χ4v) is 1.07. The minimum absolute atomic E-state index is 0.0499. The summed E-state index contributed by atoms with van der Waals surface area (Å²) in [5.41, 5.74) is 6.47. The average molecular weight is 167 g/mol. The van der Waals surface area contributed by atoms with E-state index >= 15 is 0 Å². The third-order valence-electron chi connectivity index (χ3n) is 1.79. The number of hydrogen-bond acceptors (Lipinski definition) is 3. The molecule has 0 aromatic heterocycles. The Bertz CT molecular complexity index is 253. The third-order valence-corrected chi connectivity index (χ3v) is 1.79. The van der Waals surface area contributed by atoms with Crippen LogP contribution in [0, 0.1) is 0 Å². The van der Waals surface area contributed by atoms with Crippen molar-refractivity contribution < 1.29 is 10.2 Å². The first-order valence-electron chi connectivity index (χ1n) is 3.92. The second-order valence-corrected chi connectivity index (χ2v) is 2.80. The highest BCUT2D eigenvalue weighted by atomic mass is 16.3. The maximum atomic E-state index is 9.12. The van der Waals surface area contributed by atoms with Gasteiger partial charge in [0.05, 0.1) is 0 Å². The van der Waals surface area contributed by atoms with Gasteiger partial charge in [-0.25, -0.2) is 0 Å². The van der Waals surface area contributed by atoms with E-state index in [4.69, 9.17) is 15.9 Å². The van der Waals surface area contributed by atoms with E-state index in [2.05, 4.69) is 0 Å². The van der Waals surface area contributed by atoms with Crippen LogP contribution in [0.3, 0.4) is 0 Å². The zero-order valence-electron chi connectivity index (χ0n) is 6.99. The van der Waals surface area contributed by atoms with Gasteiger partial charge in [0, 0.05) is 12.1 Å². The van der Waals surface area contributed by atoms with Crippen molar-refractivity contribution in [3.63, 3.8) is 0 Å². The van der Waals surface area contributed by atoms with Crippen molar-refractivity contribution in [2.24, 2.45) is 5.73 Å². The molecule has 3 nitrogen and oxygen atoms in total. The zero-order valence-corrected chi connectivity index (χ0v) is 6.99. The summed E-state index contributed by atoms with van der Waals surface area (Å²) in [4.78, 5) is 0. The summed E-state index contributed by atoms with van der Waals surface area (Å²) in [7, 11) is 0. The molecule has 0 spiro atoms. The summed E-state index contributed by atoms with van der Waals surface area (Å²) < 4.78 is 0. The molecule has 0 fully saturated rings. The number of aromatic hydroxyl groups is 2. The number of phenols is 2. The Morgan fingerprint density at radius 2 is 1.75 bits per heavy atom. The summed E-state index contributed by atoms with van der Waals surface area (Å²) in [5, 5.41) is 18.2. The summed E-state index contributed by atoms with van der Waals surface area (Å²) in [6.45, 7) is 1.95. The zero-order chi connectivity index (χ0) is 9.14. The predicted molar refractivity (Wildman–Crippen MR) is 47.0 cm³/mol. The van der Waals surface area contributed by atoms with Crippen LogP contribution in [0.5, 0.6) is 11.5 Å². The molecule has 0 radical (unpaired) electrons. The van der Waals surface area contributed by atoms with Crippen LogP contribution in [0.25, 0.3) is 0 Å². The molecular formula is C9H13NO2. The first-order chi connectivity index (χ1) is 5.63. The molecule has 0 unspecified atom stereocenters. The van der Waals surface area contributed by atoms with Crippen LogP contribution in [0.4, 0.5) is 0 Å².